The molecule has 0 aliphatic heterocycles. The number of fused-ring (bicyclic) bond motifs is 1. The summed E-state index contributed by atoms with van der Waals surface area (Å²) >= 11 is 0. The van der Waals surface area contributed by atoms with Crippen LogP contribution in [0.1, 0.15) is 21.5 Å². The summed E-state index contributed by atoms with van der Waals surface area (Å²) in [5.74, 6) is 0.174. The number of aryl methyl sites for hydroxylation is 1. The van der Waals surface area contributed by atoms with Gasteiger partial charge in [0.25, 0.3) is 5.91 Å². The van der Waals surface area contributed by atoms with Gasteiger partial charge in [0.2, 0.25) is 0 Å². The lowest BCUT2D eigenvalue weighted by Crippen LogP contribution is -2.11. The van der Waals surface area contributed by atoms with Crippen LogP contribution in [0.3, 0.4) is 0 Å². The number of carbonyl (C=O) groups excluding carboxylic acids is 1. The molecule has 2 N–H and O–H groups in total. The predicted octanol–water partition coefficient (Wildman–Crippen LogP) is 5.95. The third kappa shape index (κ3) is 4.63. The van der Waals surface area contributed by atoms with Crippen molar-refractivity contribution in [1.82, 2.24) is 9.97 Å². The Hall–Kier alpha value is -3.94. The van der Waals surface area contributed by atoms with Gasteiger partial charge in [-0.1, -0.05) is 6.07 Å². The molecule has 2 aromatic carbocycles. The molecule has 31 heavy (non-hydrogen) atoms. The molecular weight excluding hydrogens is 405 g/mol. The van der Waals surface area contributed by atoms with Gasteiger partial charge in [-0.2, -0.15) is 13.2 Å². The number of hydrogen-bond acceptors (Lipinski definition) is 4. The van der Waals surface area contributed by atoms with E-state index in [1.165, 1.54) is 6.07 Å². The molecule has 1 amide bonds. The second-order valence-electron chi connectivity index (χ2n) is 6.95. The number of anilines is 3. The molecule has 0 saturated carbocycles. The van der Waals surface area contributed by atoms with Crippen molar-refractivity contribution in [3.8, 4) is 0 Å². The number of nitrogens with one attached hydrogen (secondary N) is 2. The van der Waals surface area contributed by atoms with Crippen LogP contribution in [-0.4, -0.2) is 15.9 Å². The molecule has 0 aliphatic carbocycles. The van der Waals surface area contributed by atoms with Crippen LogP contribution in [0.4, 0.5) is 30.4 Å². The smallest absolute Gasteiger partial charge is 0.340 e. The number of rotatable bonds is 4. The van der Waals surface area contributed by atoms with Crippen molar-refractivity contribution >= 4 is 34.0 Å². The van der Waals surface area contributed by atoms with Crippen LogP contribution in [0.2, 0.25) is 0 Å². The largest absolute Gasteiger partial charge is 0.416 e. The van der Waals surface area contributed by atoms with E-state index in [4.69, 9.17) is 0 Å². The fourth-order valence-corrected chi connectivity index (χ4v) is 3.16. The molecule has 2 aromatic heterocycles. The van der Waals surface area contributed by atoms with E-state index >= 15 is 0 Å². The molecule has 8 heteroatoms. The second-order valence-corrected chi connectivity index (χ2v) is 6.95. The van der Waals surface area contributed by atoms with Gasteiger partial charge in [-0.25, -0.2) is 4.98 Å². The number of carbonyl (C=O) groups is 1. The number of aromatic nitrogens is 2. The highest BCUT2D eigenvalue weighted by Gasteiger charge is 2.30. The van der Waals surface area contributed by atoms with Crippen LogP contribution < -0.4 is 10.6 Å². The maximum Gasteiger partial charge on any atom is 0.416 e. The molecule has 0 saturated heterocycles. The Balaban J connectivity index is 1.58. The van der Waals surface area contributed by atoms with Crippen molar-refractivity contribution < 1.29 is 18.0 Å². The third-order valence-corrected chi connectivity index (χ3v) is 4.68. The Labute approximate surface area is 176 Å². The number of nitrogens with zero attached hydrogens (tertiary/aromatic N) is 2. The summed E-state index contributed by atoms with van der Waals surface area (Å²) in [6, 6.07) is 15.2. The number of hydrogen-bond donors (Lipinski definition) is 2. The lowest BCUT2D eigenvalue weighted by molar-refractivity contribution is -0.137. The molecule has 156 valence electrons. The van der Waals surface area contributed by atoms with Crippen LogP contribution in [0.15, 0.2) is 73.1 Å². The van der Waals surface area contributed by atoms with E-state index < -0.39 is 11.7 Å². The van der Waals surface area contributed by atoms with Crippen LogP contribution in [0.5, 0.6) is 0 Å². The van der Waals surface area contributed by atoms with Gasteiger partial charge >= 0.3 is 6.18 Å². The molecule has 5 nitrogen and oxygen atoms in total. The Kier molecular flexibility index (Phi) is 5.29. The number of benzene rings is 2. The Morgan fingerprint density at radius 2 is 1.71 bits per heavy atom. The Morgan fingerprint density at radius 3 is 2.45 bits per heavy atom. The minimum absolute atomic E-state index is 0.254. The first-order chi connectivity index (χ1) is 14.8. The van der Waals surface area contributed by atoms with E-state index in [0.29, 0.717) is 28.3 Å². The lowest BCUT2D eigenvalue weighted by atomic mass is 10.1. The fraction of sp³-hybridized carbons (Fsp3) is 0.0870. The maximum absolute atomic E-state index is 12.9. The molecule has 4 rings (SSSR count). The summed E-state index contributed by atoms with van der Waals surface area (Å²) in [6.45, 7) is 1.87. The first kappa shape index (κ1) is 20.3. The van der Waals surface area contributed by atoms with E-state index in [-0.39, 0.29) is 5.91 Å². The zero-order valence-corrected chi connectivity index (χ0v) is 16.4. The molecule has 2 heterocycles. The minimum Gasteiger partial charge on any atom is -0.340 e. The van der Waals surface area contributed by atoms with E-state index in [1.54, 1.807) is 48.8 Å². The molecule has 0 aliphatic rings. The van der Waals surface area contributed by atoms with Crippen LogP contribution in [-0.2, 0) is 6.18 Å². The van der Waals surface area contributed by atoms with E-state index in [1.807, 2.05) is 13.0 Å². The first-order valence-corrected chi connectivity index (χ1v) is 9.37. The van der Waals surface area contributed by atoms with Gasteiger partial charge in [-0.15, -0.1) is 0 Å². The molecule has 0 unspecified atom stereocenters. The molecule has 0 fully saturated rings. The van der Waals surface area contributed by atoms with Gasteiger partial charge < -0.3 is 10.6 Å². The zero-order valence-electron chi connectivity index (χ0n) is 16.4. The lowest BCUT2D eigenvalue weighted by Gasteiger charge is -2.12. The predicted molar refractivity (Wildman–Crippen MR) is 113 cm³/mol. The molecule has 0 bridgehead atoms. The average Bonchev–Trinajstić information content (AvgIpc) is 2.74. The van der Waals surface area contributed by atoms with Gasteiger partial charge in [0.1, 0.15) is 5.82 Å². The summed E-state index contributed by atoms with van der Waals surface area (Å²) in [4.78, 5) is 20.7. The van der Waals surface area contributed by atoms with E-state index in [0.717, 1.165) is 23.1 Å². The number of pyridine rings is 2. The SMILES string of the molecule is Cc1cc(Nc2cccc(C(F)(F)F)c2)nc2ccc(NC(=O)c3ccncc3)cc12. The fourth-order valence-electron chi connectivity index (χ4n) is 3.16. The third-order valence-electron chi connectivity index (χ3n) is 4.68. The highest BCUT2D eigenvalue weighted by atomic mass is 19.4. The number of amides is 1. The van der Waals surface area contributed by atoms with E-state index in [9.17, 15) is 18.0 Å². The standard InChI is InChI=1S/C23H17F3N4O/c1-14-11-21(28-17-4-2-3-16(12-17)23(24,25)26)30-20-6-5-18(13-19(14)20)29-22(31)15-7-9-27-10-8-15/h2-13H,1H3,(H,28,30)(H,29,31). The monoisotopic (exact) mass is 422 g/mol. The van der Waals surface area contributed by atoms with Gasteiger partial charge in [0, 0.05) is 34.7 Å². The van der Waals surface area contributed by atoms with Crippen LogP contribution in [0, 0.1) is 6.92 Å². The molecule has 4 aromatic rings. The highest BCUT2D eigenvalue weighted by Crippen LogP contribution is 2.32. The maximum atomic E-state index is 12.9. The van der Waals surface area contributed by atoms with Crippen molar-refractivity contribution in [3.63, 3.8) is 0 Å². The molecular formula is C23H17F3N4O. The van der Waals surface area contributed by atoms with Crippen molar-refractivity contribution in [3.05, 3.63) is 89.7 Å². The Bertz CT molecular complexity index is 1260. The highest BCUT2D eigenvalue weighted by molar-refractivity contribution is 6.05. The van der Waals surface area contributed by atoms with Gasteiger partial charge in [0.05, 0.1) is 11.1 Å². The zero-order chi connectivity index (χ0) is 22.0. The summed E-state index contributed by atoms with van der Waals surface area (Å²) in [7, 11) is 0. The number of alkyl halides is 3. The van der Waals surface area contributed by atoms with Gasteiger partial charge in [-0.05, 0) is 67.1 Å². The quantitative estimate of drug-likeness (QED) is 0.426. The summed E-state index contributed by atoms with van der Waals surface area (Å²) in [5, 5.41) is 6.59. The second kappa shape index (κ2) is 8.06. The number of halogens is 3. The van der Waals surface area contributed by atoms with Gasteiger partial charge in [-0.3, -0.25) is 9.78 Å². The topological polar surface area (TPSA) is 66.9 Å². The summed E-state index contributed by atoms with van der Waals surface area (Å²) in [5.41, 5.74) is 2.17. The van der Waals surface area contributed by atoms with Crippen molar-refractivity contribution in [2.24, 2.45) is 0 Å². The van der Waals surface area contributed by atoms with E-state index in [2.05, 4.69) is 20.6 Å². The van der Waals surface area contributed by atoms with Gasteiger partial charge in [0.15, 0.2) is 0 Å². The van der Waals surface area contributed by atoms with Crippen molar-refractivity contribution in [2.45, 2.75) is 13.1 Å². The molecule has 0 atom stereocenters. The normalized spacial score (nSPS) is 11.4. The summed E-state index contributed by atoms with van der Waals surface area (Å²) < 4.78 is 38.8. The first-order valence-electron chi connectivity index (χ1n) is 9.37. The molecule has 0 radical (unpaired) electrons. The average molecular weight is 422 g/mol. The van der Waals surface area contributed by atoms with Crippen molar-refractivity contribution in [2.75, 3.05) is 10.6 Å². The Morgan fingerprint density at radius 1 is 0.935 bits per heavy atom. The molecule has 0 spiro atoms. The van der Waals surface area contributed by atoms with Crippen LogP contribution in [0.25, 0.3) is 10.9 Å². The van der Waals surface area contributed by atoms with Crippen molar-refractivity contribution in [1.29, 1.82) is 0 Å². The van der Waals surface area contributed by atoms with Crippen LogP contribution >= 0.6 is 0 Å². The summed E-state index contributed by atoms with van der Waals surface area (Å²) in [6.07, 6.45) is -1.33. The minimum atomic E-state index is -4.42.